The molecule has 0 saturated carbocycles. The molecule has 4 nitrogen and oxygen atoms in total. The van der Waals surface area contributed by atoms with Gasteiger partial charge >= 0.3 is 5.97 Å². The van der Waals surface area contributed by atoms with E-state index in [4.69, 9.17) is 4.74 Å². The number of hydrogen-bond acceptors (Lipinski definition) is 4. The summed E-state index contributed by atoms with van der Waals surface area (Å²) in [6.07, 6.45) is 0. The highest BCUT2D eigenvalue weighted by molar-refractivity contribution is 5.89. The minimum atomic E-state index is -0.267. The van der Waals surface area contributed by atoms with Gasteiger partial charge in [0.15, 0.2) is 0 Å². The van der Waals surface area contributed by atoms with Gasteiger partial charge in [0.1, 0.15) is 0 Å². The Balaban J connectivity index is 1.49. The Morgan fingerprint density at radius 3 is 2.70 bits per heavy atom. The number of fused-ring (bicyclic) bond motifs is 1. The maximum atomic E-state index is 11.8. The van der Waals surface area contributed by atoms with Crippen LogP contribution in [0.15, 0.2) is 48.5 Å². The monoisotopic (exact) mass is 364 g/mol. The van der Waals surface area contributed by atoms with E-state index in [-0.39, 0.29) is 5.97 Å². The first-order chi connectivity index (χ1) is 13.1. The number of nitrogens with zero attached hydrogens (tertiary/aromatic N) is 2. The Labute approximate surface area is 161 Å². The maximum absolute atomic E-state index is 11.8. The molecule has 0 bridgehead atoms. The molecular formula is C23H28N2O2. The van der Waals surface area contributed by atoms with Gasteiger partial charge < -0.3 is 4.74 Å². The molecular weight excluding hydrogens is 336 g/mol. The van der Waals surface area contributed by atoms with Crippen LogP contribution in [-0.2, 0) is 11.3 Å². The van der Waals surface area contributed by atoms with Gasteiger partial charge in [-0.3, -0.25) is 9.80 Å². The lowest BCUT2D eigenvalue weighted by molar-refractivity contribution is 0.0600. The number of carbonyl (C=O) groups is 1. The molecule has 27 heavy (non-hydrogen) atoms. The average Bonchev–Trinajstić information content (AvgIpc) is 3.17. The van der Waals surface area contributed by atoms with E-state index < -0.39 is 0 Å². The molecule has 0 aliphatic carbocycles. The number of methoxy groups -OCH3 is 1. The lowest BCUT2D eigenvalue weighted by atomic mass is 9.88. The summed E-state index contributed by atoms with van der Waals surface area (Å²) in [5, 5.41) is 0. The van der Waals surface area contributed by atoms with Gasteiger partial charge in [0.25, 0.3) is 0 Å². The normalized spacial score (nSPS) is 25.5. The average molecular weight is 364 g/mol. The molecule has 0 N–H and O–H groups in total. The third-order valence-corrected chi connectivity index (χ3v) is 6.23. The number of rotatable bonds is 4. The summed E-state index contributed by atoms with van der Waals surface area (Å²) < 4.78 is 4.85. The number of likely N-dealkylation sites (tertiary alicyclic amines) is 2. The number of ether oxygens (including phenoxy) is 1. The Kier molecular flexibility index (Phi) is 5.02. The zero-order chi connectivity index (χ0) is 19.0. The Hall–Kier alpha value is -2.17. The van der Waals surface area contributed by atoms with Gasteiger partial charge in [-0.2, -0.15) is 0 Å². The highest BCUT2D eigenvalue weighted by atomic mass is 16.5. The van der Waals surface area contributed by atoms with E-state index in [1.165, 1.54) is 23.8 Å². The summed E-state index contributed by atoms with van der Waals surface area (Å²) in [6, 6.07) is 17.1. The smallest absolute Gasteiger partial charge is 0.337 e. The van der Waals surface area contributed by atoms with Crippen LogP contribution in [0, 0.1) is 18.8 Å². The van der Waals surface area contributed by atoms with Gasteiger partial charge in [0.05, 0.1) is 12.7 Å². The molecule has 2 heterocycles. The van der Waals surface area contributed by atoms with Crippen molar-refractivity contribution < 1.29 is 9.53 Å². The summed E-state index contributed by atoms with van der Waals surface area (Å²) in [7, 11) is 3.69. The van der Waals surface area contributed by atoms with E-state index in [0.29, 0.717) is 23.4 Å². The minimum absolute atomic E-state index is 0.267. The second-order valence-corrected chi connectivity index (χ2v) is 8.05. The number of esters is 1. The van der Waals surface area contributed by atoms with E-state index in [1.54, 1.807) is 0 Å². The molecule has 142 valence electrons. The highest BCUT2D eigenvalue weighted by Crippen LogP contribution is 2.45. The van der Waals surface area contributed by atoms with Crippen molar-refractivity contribution in [1.82, 2.24) is 9.80 Å². The molecule has 0 aromatic heterocycles. The quantitative estimate of drug-likeness (QED) is 0.777. The van der Waals surface area contributed by atoms with Gasteiger partial charge in [0.2, 0.25) is 0 Å². The molecule has 2 aromatic carbocycles. The van der Waals surface area contributed by atoms with Crippen LogP contribution >= 0.6 is 0 Å². The summed E-state index contributed by atoms with van der Waals surface area (Å²) >= 11 is 0. The lowest BCUT2D eigenvalue weighted by Crippen LogP contribution is -2.29. The molecule has 2 fully saturated rings. The van der Waals surface area contributed by atoms with Gasteiger partial charge in [0, 0.05) is 32.2 Å². The molecule has 3 atom stereocenters. The van der Waals surface area contributed by atoms with Crippen LogP contribution in [0.4, 0.5) is 0 Å². The topological polar surface area (TPSA) is 32.8 Å². The summed E-state index contributed by atoms with van der Waals surface area (Å²) in [5.41, 5.74) is 4.67. The van der Waals surface area contributed by atoms with E-state index in [2.05, 4.69) is 54.1 Å². The standard InChI is InChI=1S/C23H28N2O2/c1-16-7-4-5-10-20(16)22-21-15-25(14-19(21)13-24(22)2)12-17-8-6-9-18(11-17)23(26)27-3/h4-11,19,21-22H,12-15H2,1-3H3/t19-,21+,22+/m0/s1. The van der Waals surface area contributed by atoms with Crippen LogP contribution < -0.4 is 0 Å². The molecule has 2 aliphatic rings. The Morgan fingerprint density at radius 1 is 1.11 bits per heavy atom. The molecule has 2 aromatic rings. The van der Waals surface area contributed by atoms with Gasteiger partial charge in [-0.25, -0.2) is 4.79 Å². The van der Waals surface area contributed by atoms with Crippen molar-refractivity contribution in [3.05, 3.63) is 70.8 Å². The van der Waals surface area contributed by atoms with Gasteiger partial charge in [-0.05, 0) is 54.6 Å². The second-order valence-electron chi connectivity index (χ2n) is 8.05. The predicted octanol–water partition coefficient (Wildman–Crippen LogP) is 3.52. The van der Waals surface area contributed by atoms with Crippen molar-refractivity contribution in [3.8, 4) is 0 Å². The van der Waals surface area contributed by atoms with Crippen LogP contribution in [-0.4, -0.2) is 49.6 Å². The van der Waals surface area contributed by atoms with Crippen molar-refractivity contribution in [2.24, 2.45) is 11.8 Å². The number of aryl methyl sites for hydroxylation is 1. The first-order valence-electron chi connectivity index (χ1n) is 9.72. The summed E-state index contributed by atoms with van der Waals surface area (Å²) in [5.74, 6) is 1.11. The summed E-state index contributed by atoms with van der Waals surface area (Å²) in [6.45, 7) is 6.50. The highest BCUT2D eigenvalue weighted by Gasteiger charge is 2.46. The number of carbonyl (C=O) groups excluding carboxylic acids is 1. The Morgan fingerprint density at radius 2 is 1.93 bits per heavy atom. The molecule has 0 spiro atoms. The molecule has 2 aliphatic heterocycles. The van der Waals surface area contributed by atoms with Crippen molar-refractivity contribution in [1.29, 1.82) is 0 Å². The fourth-order valence-corrected chi connectivity index (χ4v) is 5.04. The first kappa shape index (κ1) is 18.2. The van der Waals surface area contributed by atoms with Gasteiger partial charge in [-0.15, -0.1) is 0 Å². The Bertz CT molecular complexity index is 835. The van der Waals surface area contributed by atoms with E-state index in [9.17, 15) is 4.79 Å². The van der Waals surface area contributed by atoms with E-state index in [1.807, 2.05) is 18.2 Å². The van der Waals surface area contributed by atoms with Crippen molar-refractivity contribution in [2.75, 3.05) is 33.8 Å². The lowest BCUT2D eigenvalue weighted by Gasteiger charge is -2.28. The van der Waals surface area contributed by atoms with E-state index >= 15 is 0 Å². The van der Waals surface area contributed by atoms with Crippen molar-refractivity contribution in [3.63, 3.8) is 0 Å². The summed E-state index contributed by atoms with van der Waals surface area (Å²) in [4.78, 5) is 16.9. The van der Waals surface area contributed by atoms with Crippen molar-refractivity contribution in [2.45, 2.75) is 19.5 Å². The fraction of sp³-hybridized carbons (Fsp3) is 0.435. The zero-order valence-corrected chi connectivity index (χ0v) is 16.4. The zero-order valence-electron chi connectivity index (χ0n) is 16.4. The van der Waals surface area contributed by atoms with E-state index in [0.717, 1.165) is 26.2 Å². The molecule has 2 saturated heterocycles. The second kappa shape index (κ2) is 7.45. The van der Waals surface area contributed by atoms with Crippen molar-refractivity contribution >= 4 is 5.97 Å². The van der Waals surface area contributed by atoms with Crippen LogP contribution in [0.3, 0.4) is 0 Å². The molecule has 0 radical (unpaired) electrons. The first-order valence-corrected chi connectivity index (χ1v) is 9.72. The molecule has 4 rings (SSSR count). The van der Waals surface area contributed by atoms with Crippen LogP contribution in [0.5, 0.6) is 0 Å². The number of hydrogen-bond donors (Lipinski definition) is 0. The van der Waals surface area contributed by atoms with Crippen LogP contribution in [0.2, 0.25) is 0 Å². The molecule has 0 amide bonds. The van der Waals surface area contributed by atoms with Crippen LogP contribution in [0.1, 0.15) is 33.1 Å². The predicted molar refractivity (Wildman–Crippen MR) is 107 cm³/mol. The third-order valence-electron chi connectivity index (χ3n) is 6.23. The molecule has 4 heteroatoms. The van der Waals surface area contributed by atoms with Gasteiger partial charge in [-0.1, -0.05) is 36.4 Å². The number of benzene rings is 2. The third kappa shape index (κ3) is 3.52. The SMILES string of the molecule is COC(=O)c1cccc(CN2C[C@@H]3CN(C)[C@H](c4ccccc4C)[C@@H]3C2)c1. The fourth-order valence-electron chi connectivity index (χ4n) is 5.04. The minimum Gasteiger partial charge on any atom is -0.465 e. The molecule has 0 unspecified atom stereocenters. The van der Waals surface area contributed by atoms with Crippen LogP contribution in [0.25, 0.3) is 0 Å². The maximum Gasteiger partial charge on any atom is 0.337 e. The largest absolute Gasteiger partial charge is 0.465 e.